The fourth-order valence-corrected chi connectivity index (χ4v) is 3.46. The predicted molar refractivity (Wildman–Crippen MR) is 110 cm³/mol. The van der Waals surface area contributed by atoms with E-state index in [-0.39, 0.29) is 5.56 Å². The zero-order valence-electron chi connectivity index (χ0n) is 15.2. The van der Waals surface area contributed by atoms with E-state index in [1.54, 1.807) is 38.4 Å². The summed E-state index contributed by atoms with van der Waals surface area (Å²) in [5.74, 6) is 0.561. The van der Waals surface area contributed by atoms with Crippen molar-refractivity contribution in [1.82, 2.24) is 9.38 Å². The van der Waals surface area contributed by atoms with Crippen molar-refractivity contribution >= 4 is 40.2 Å². The highest BCUT2D eigenvalue weighted by atomic mass is 35.5. The molecule has 2 heterocycles. The fourth-order valence-electron chi connectivity index (χ4n) is 3.20. The second-order valence-electron chi connectivity index (χ2n) is 6.23. The van der Waals surface area contributed by atoms with E-state index < -0.39 is 0 Å². The quantitative estimate of drug-likeness (QED) is 0.580. The first-order valence-corrected chi connectivity index (χ1v) is 8.87. The molecule has 138 valence electrons. The third-order valence-corrected chi connectivity index (χ3v) is 4.94. The minimum Gasteiger partial charge on any atom is -0.495 e. The van der Waals surface area contributed by atoms with Gasteiger partial charge >= 0.3 is 0 Å². The second kappa shape index (κ2) is 6.87. The summed E-state index contributed by atoms with van der Waals surface area (Å²) < 4.78 is 6.63. The Labute approximate surface area is 165 Å². The number of nitrogens with one attached hydrogen (secondary N) is 1. The average Bonchev–Trinajstić information content (AvgIpc) is 3.07. The van der Waals surface area contributed by atoms with E-state index in [9.17, 15) is 10.1 Å². The zero-order chi connectivity index (χ0) is 19.8. The number of imidazole rings is 1. The Morgan fingerprint density at radius 2 is 2.07 bits per heavy atom. The molecule has 0 atom stereocenters. The molecular weight excluding hydrogens is 376 g/mol. The van der Waals surface area contributed by atoms with Crippen molar-refractivity contribution in [3.05, 3.63) is 74.2 Å². The Kier molecular flexibility index (Phi) is 4.38. The number of halogens is 1. The molecule has 2 aromatic heterocycles. The first-order valence-electron chi connectivity index (χ1n) is 8.49. The minimum atomic E-state index is -0.243. The van der Waals surface area contributed by atoms with Gasteiger partial charge in [-0.05, 0) is 42.8 Å². The topological polar surface area (TPSA) is 79.4 Å². The number of benzene rings is 2. The van der Waals surface area contributed by atoms with E-state index in [1.807, 2.05) is 24.3 Å². The molecule has 6 nitrogen and oxygen atoms in total. The third-order valence-electron chi connectivity index (χ3n) is 4.64. The maximum Gasteiger partial charge on any atom is 0.265 e. The molecule has 28 heavy (non-hydrogen) atoms. The number of anilines is 1. The van der Waals surface area contributed by atoms with Gasteiger partial charge in [0.15, 0.2) is 5.65 Å². The van der Waals surface area contributed by atoms with Crippen LogP contribution in [0.5, 0.6) is 5.75 Å². The van der Waals surface area contributed by atoms with Gasteiger partial charge in [-0.1, -0.05) is 23.7 Å². The molecule has 0 fully saturated rings. The molecule has 0 radical (unpaired) electrons. The normalized spacial score (nSPS) is 11.7. The Hall–Kier alpha value is -3.56. The molecule has 0 aliphatic rings. The van der Waals surface area contributed by atoms with Crippen LogP contribution >= 0.6 is 11.6 Å². The molecule has 0 amide bonds. The Morgan fingerprint density at radius 1 is 1.29 bits per heavy atom. The highest BCUT2D eigenvalue weighted by molar-refractivity contribution is 6.32. The summed E-state index contributed by atoms with van der Waals surface area (Å²) in [6, 6.07) is 14.7. The summed E-state index contributed by atoms with van der Waals surface area (Å²) in [6.45, 7) is 1.74. The number of ether oxygens (including phenoxy) is 1. The Balaban J connectivity index is 1.95. The van der Waals surface area contributed by atoms with E-state index in [1.165, 1.54) is 4.40 Å². The van der Waals surface area contributed by atoms with E-state index in [2.05, 4.69) is 16.4 Å². The van der Waals surface area contributed by atoms with Crippen molar-refractivity contribution in [3.8, 4) is 11.8 Å². The summed E-state index contributed by atoms with van der Waals surface area (Å²) in [5.41, 5.74) is 3.10. The lowest BCUT2D eigenvalue weighted by molar-refractivity contribution is 0.415. The third kappa shape index (κ3) is 2.73. The van der Waals surface area contributed by atoms with Crippen molar-refractivity contribution in [2.24, 2.45) is 0 Å². The van der Waals surface area contributed by atoms with Crippen molar-refractivity contribution < 1.29 is 4.74 Å². The largest absolute Gasteiger partial charge is 0.495 e. The fraction of sp³-hybridized carbons (Fsp3) is 0.0952. The number of nitriles is 1. The smallest absolute Gasteiger partial charge is 0.265 e. The van der Waals surface area contributed by atoms with Gasteiger partial charge in [0.25, 0.3) is 5.56 Å². The summed E-state index contributed by atoms with van der Waals surface area (Å²) in [6.07, 6.45) is 1.59. The molecule has 0 aliphatic heterocycles. The molecule has 0 spiro atoms. The number of hydrogen-bond acceptors (Lipinski definition) is 5. The first kappa shape index (κ1) is 17.8. The van der Waals surface area contributed by atoms with E-state index in [4.69, 9.17) is 16.3 Å². The summed E-state index contributed by atoms with van der Waals surface area (Å²) >= 11 is 6.15. The SMILES string of the molecule is COc1ccc(NC=c2c(C)c(C#N)c3nc4ccccc4n3c2=O)cc1Cl. The van der Waals surface area contributed by atoms with Crippen LogP contribution in [0.3, 0.4) is 0 Å². The van der Waals surface area contributed by atoms with Crippen LogP contribution in [0.15, 0.2) is 47.3 Å². The molecule has 1 N–H and O–H groups in total. The lowest BCUT2D eigenvalue weighted by atomic mass is 10.1. The zero-order valence-corrected chi connectivity index (χ0v) is 15.9. The van der Waals surface area contributed by atoms with Crippen LogP contribution in [0.25, 0.3) is 22.9 Å². The molecule has 7 heteroatoms. The molecule has 0 saturated heterocycles. The number of nitrogens with zero attached hydrogens (tertiary/aromatic N) is 3. The van der Waals surface area contributed by atoms with Crippen LogP contribution in [-0.2, 0) is 0 Å². The highest BCUT2D eigenvalue weighted by Gasteiger charge is 2.15. The van der Waals surface area contributed by atoms with Gasteiger partial charge in [-0.2, -0.15) is 5.26 Å². The van der Waals surface area contributed by atoms with E-state index >= 15 is 0 Å². The number of pyridine rings is 1. The molecule has 0 bridgehead atoms. The van der Waals surface area contributed by atoms with Crippen molar-refractivity contribution in [3.63, 3.8) is 0 Å². The van der Waals surface area contributed by atoms with Crippen LogP contribution in [0.1, 0.15) is 11.1 Å². The number of aromatic nitrogens is 2. The van der Waals surface area contributed by atoms with Crippen LogP contribution < -0.4 is 20.8 Å². The van der Waals surface area contributed by atoms with E-state index in [0.29, 0.717) is 49.5 Å². The number of methoxy groups -OCH3 is 1. The maximum atomic E-state index is 13.2. The Morgan fingerprint density at radius 3 is 2.79 bits per heavy atom. The van der Waals surface area contributed by atoms with Crippen LogP contribution in [0.2, 0.25) is 5.02 Å². The van der Waals surface area contributed by atoms with Crippen molar-refractivity contribution in [1.29, 1.82) is 5.26 Å². The maximum absolute atomic E-state index is 13.2. The summed E-state index contributed by atoms with van der Waals surface area (Å²) in [4.78, 5) is 17.6. The van der Waals surface area contributed by atoms with Crippen molar-refractivity contribution in [2.45, 2.75) is 6.92 Å². The number of para-hydroxylation sites is 2. The van der Waals surface area contributed by atoms with Gasteiger partial charge in [0.1, 0.15) is 11.8 Å². The summed E-state index contributed by atoms with van der Waals surface area (Å²) in [5, 5.41) is 13.6. The molecule has 4 aromatic rings. The van der Waals surface area contributed by atoms with Crippen LogP contribution in [0.4, 0.5) is 5.69 Å². The molecule has 0 unspecified atom stereocenters. The standard InChI is InChI=1S/C21H15ClN4O2/c1-12-14(10-23)20-25-17-5-3-4-6-18(17)26(20)21(27)15(12)11-24-13-7-8-19(28-2)16(22)9-13/h3-9,11,24H,1-2H3. The monoisotopic (exact) mass is 390 g/mol. The second-order valence-corrected chi connectivity index (χ2v) is 6.64. The average molecular weight is 391 g/mol. The molecule has 4 rings (SSSR count). The predicted octanol–water partition coefficient (Wildman–Crippen LogP) is 3.26. The lowest BCUT2D eigenvalue weighted by Gasteiger charge is -2.07. The van der Waals surface area contributed by atoms with Gasteiger partial charge in [0.05, 0.1) is 33.9 Å². The van der Waals surface area contributed by atoms with Crippen LogP contribution in [0, 0.1) is 18.3 Å². The molecular formula is C21H15ClN4O2. The molecule has 2 aromatic carbocycles. The Bertz CT molecular complexity index is 1390. The van der Waals surface area contributed by atoms with Gasteiger partial charge in [0, 0.05) is 11.9 Å². The van der Waals surface area contributed by atoms with Gasteiger partial charge in [-0.15, -0.1) is 0 Å². The first-order chi connectivity index (χ1) is 13.5. The minimum absolute atomic E-state index is 0.243. The number of rotatable bonds is 3. The van der Waals surface area contributed by atoms with Gasteiger partial charge < -0.3 is 10.1 Å². The molecule has 0 saturated carbocycles. The lowest BCUT2D eigenvalue weighted by Crippen LogP contribution is -2.34. The van der Waals surface area contributed by atoms with Crippen molar-refractivity contribution in [2.75, 3.05) is 12.4 Å². The molecule has 0 aliphatic carbocycles. The summed E-state index contributed by atoms with van der Waals surface area (Å²) in [7, 11) is 1.54. The van der Waals surface area contributed by atoms with Gasteiger partial charge in [-0.25, -0.2) is 4.98 Å². The van der Waals surface area contributed by atoms with Gasteiger partial charge in [0.2, 0.25) is 0 Å². The van der Waals surface area contributed by atoms with Crippen LogP contribution in [-0.4, -0.2) is 16.5 Å². The van der Waals surface area contributed by atoms with E-state index in [0.717, 1.165) is 0 Å². The number of hydrogen-bond donors (Lipinski definition) is 1. The number of fused-ring (bicyclic) bond motifs is 3. The van der Waals surface area contributed by atoms with Gasteiger partial charge in [-0.3, -0.25) is 9.20 Å². The highest BCUT2D eigenvalue weighted by Crippen LogP contribution is 2.27.